The number of hydrogen-bond acceptors (Lipinski definition) is 3. The lowest BCUT2D eigenvalue weighted by molar-refractivity contribution is 0.436. The molecule has 2 aliphatic rings. The minimum atomic E-state index is -0.494. The number of nitrogens with zero attached hydrogens (tertiary/aromatic N) is 2. The lowest BCUT2D eigenvalue weighted by Gasteiger charge is -2.39. The molecule has 10 rings (SSSR count). The first kappa shape index (κ1) is 26.9. The van der Waals surface area contributed by atoms with Crippen molar-refractivity contribution < 1.29 is 4.74 Å². The molecule has 48 heavy (non-hydrogen) atoms. The maximum absolute atomic E-state index is 6.76. The van der Waals surface area contributed by atoms with Crippen molar-refractivity contribution in [2.24, 2.45) is 0 Å². The van der Waals surface area contributed by atoms with Gasteiger partial charge in [-0.15, -0.1) is 0 Å². The molecule has 0 fully saturated rings. The van der Waals surface area contributed by atoms with E-state index in [2.05, 4.69) is 152 Å². The van der Waals surface area contributed by atoms with Gasteiger partial charge in [0.15, 0.2) is 5.82 Å². The summed E-state index contributed by atoms with van der Waals surface area (Å²) >= 11 is 0. The topological polar surface area (TPSA) is 35.0 Å². The smallest absolute Gasteiger partial charge is 0.160 e. The summed E-state index contributed by atoms with van der Waals surface area (Å²) in [4.78, 5) is 10.3. The Morgan fingerprint density at radius 1 is 0.396 bits per heavy atom. The van der Waals surface area contributed by atoms with Crippen LogP contribution < -0.4 is 4.74 Å². The standard InChI is InChI=1S/C45H28N2O/c1-2-12-29(13-3-1)30-22-24-31(25-23-30)43-35-16-6-10-20-40(35)46-44(47-43)32-26-27-39-42(28-32)48-41-21-11-9-19-38(41)45(39)36-17-7-4-14-33(36)34-15-5-8-18-37(34)45/h1-28H. The van der Waals surface area contributed by atoms with Gasteiger partial charge in [-0.05, 0) is 51.6 Å². The van der Waals surface area contributed by atoms with E-state index in [4.69, 9.17) is 14.7 Å². The molecule has 0 radical (unpaired) electrons. The highest BCUT2D eigenvalue weighted by atomic mass is 16.5. The van der Waals surface area contributed by atoms with Crippen LogP contribution in [-0.4, -0.2) is 9.97 Å². The Balaban J connectivity index is 1.16. The molecule has 2 heterocycles. The molecule has 224 valence electrons. The molecule has 0 unspecified atom stereocenters. The minimum absolute atomic E-state index is 0.494. The van der Waals surface area contributed by atoms with Gasteiger partial charge in [0.2, 0.25) is 0 Å². The van der Waals surface area contributed by atoms with Crippen molar-refractivity contribution in [3.05, 3.63) is 192 Å². The van der Waals surface area contributed by atoms with Crippen molar-refractivity contribution in [3.8, 4) is 56.4 Å². The monoisotopic (exact) mass is 612 g/mol. The summed E-state index contributed by atoms with van der Waals surface area (Å²) in [6.45, 7) is 0. The second kappa shape index (κ2) is 10.3. The van der Waals surface area contributed by atoms with Crippen LogP contribution in [0.3, 0.4) is 0 Å². The lowest BCUT2D eigenvalue weighted by Crippen LogP contribution is -2.32. The third-order valence-corrected chi connectivity index (χ3v) is 9.98. The largest absolute Gasteiger partial charge is 0.457 e. The van der Waals surface area contributed by atoms with E-state index in [0.29, 0.717) is 5.82 Å². The zero-order chi connectivity index (χ0) is 31.7. The number of benzene rings is 7. The highest BCUT2D eigenvalue weighted by Gasteiger charge is 2.50. The fourth-order valence-corrected chi connectivity index (χ4v) is 7.88. The molecule has 1 aliphatic heterocycles. The number of fused-ring (bicyclic) bond motifs is 10. The Kier molecular flexibility index (Phi) is 5.79. The number of hydrogen-bond donors (Lipinski definition) is 0. The van der Waals surface area contributed by atoms with Crippen LogP contribution in [-0.2, 0) is 5.41 Å². The molecule has 1 aromatic heterocycles. The van der Waals surface area contributed by atoms with Gasteiger partial charge < -0.3 is 4.74 Å². The Labute approximate surface area is 278 Å². The van der Waals surface area contributed by atoms with Crippen LogP contribution in [0.4, 0.5) is 0 Å². The van der Waals surface area contributed by atoms with E-state index in [0.717, 1.165) is 50.3 Å². The molecule has 0 bridgehead atoms. The van der Waals surface area contributed by atoms with Gasteiger partial charge in [-0.1, -0.05) is 152 Å². The van der Waals surface area contributed by atoms with Crippen LogP contribution in [0.25, 0.3) is 55.8 Å². The van der Waals surface area contributed by atoms with E-state index >= 15 is 0 Å². The molecule has 0 saturated carbocycles. The number of para-hydroxylation sites is 2. The van der Waals surface area contributed by atoms with Crippen molar-refractivity contribution in [2.45, 2.75) is 5.41 Å². The molecule has 0 atom stereocenters. The van der Waals surface area contributed by atoms with E-state index < -0.39 is 5.41 Å². The van der Waals surface area contributed by atoms with Gasteiger partial charge in [-0.3, -0.25) is 0 Å². The Bertz CT molecular complexity index is 2490. The van der Waals surface area contributed by atoms with Crippen molar-refractivity contribution >= 4 is 10.9 Å². The van der Waals surface area contributed by atoms with Gasteiger partial charge in [0.05, 0.1) is 16.6 Å². The first-order chi connectivity index (χ1) is 23.8. The molecule has 1 aliphatic carbocycles. The van der Waals surface area contributed by atoms with E-state index in [-0.39, 0.29) is 0 Å². The van der Waals surface area contributed by atoms with Crippen LogP contribution in [0.2, 0.25) is 0 Å². The highest BCUT2D eigenvalue weighted by Crippen LogP contribution is 2.62. The number of rotatable bonds is 3. The molecular formula is C45H28N2O. The summed E-state index contributed by atoms with van der Waals surface area (Å²) in [5.41, 5.74) is 13.0. The maximum Gasteiger partial charge on any atom is 0.160 e. The number of aromatic nitrogens is 2. The summed E-state index contributed by atoms with van der Waals surface area (Å²) in [6.07, 6.45) is 0. The van der Waals surface area contributed by atoms with Gasteiger partial charge >= 0.3 is 0 Å². The molecular weight excluding hydrogens is 585 g/mol. The fraction of sp³-hybridized carbons (Fsp3) is 0.0222. The first-order valence-electron chi connectivity index (χ1n) is 16.3. The fourth-order valence-electron chi connectivity index (χ4n) is 7.88. The predicted octanol–water partition coefficient (Wildman–Crippen LogP) is 11.1. The molecule has 8 aromatic rings. The molecule has 0 N–H and O–H groups in total. The molecule has 1 spiro atoms. The lowest BCUT2D eigenvalue weighted by atomic mass is 9.66. The molecule has 0 amide bonds. The third-order valence-electron chi connectivity index (χ3n) is 9.98. The van der Waals surface area contributed by atoms with Crippen molar-refractivity contribution in [1.29, 1.82) is 0 Å². The zero-order valence-corrected chi connectivity index (χ0v) is 26.0. The van der Waals surface area contributed by atoms with Crippen molar-refractivity contribution in [1.82, 2.24) is 9.97 Å². The van der Waals surface area contributed by atoms with Gasteiger partial charge in [0, 0.05) is 27.6 Å². The summed E-state index contributed by atoms with van der Waals surface area (Å²) in [5.74, 6) is 2.36. The van der Waals surface area contributed by atoms with Crippen LogP contribution in [0.15, 0.2) is 170 Å². The average molecular weight is 613 g/mol. The van der Waals surface area contributed by atoms with Gasteiger partial charge in [-0.25, -0.2) is 9.97 Å². The molecule has 7 aromatic carbocycles. The minimum Gasteiger partial charge on any atom is -0.457 e. The zero-order valence-electron chi connectivity index (χ0n) is 26.0. The first-order valence-corrected chi connectivity index (χ1v) is 16.3. The Morgan fingerprint density at radius 3 is 1.73 bits per heavy atom. The second-order valence-corrected chi connectivity index (χ2v) is 12.5. The summed E-state index contributed by atoms with van der Waals surface area (Å²) in [7, 11) is 0. The molecule has 0 saturated heterocycles. The Hall–Kier alpha value is -6.32. The highest BCUT2D eigenvalue weighted by molar-refractivity contribution is 5.94. The van der Waals surface area contributed by atoms with E-state index in [1.54, 1.807) is 0 Å². The van der Waals surface area contributed by atoms with E-state index in [1.165, 1.54) is 33.4 Å². The number of ether oxygens (including phenoxy) is 1. The van der Waals surface area contributed by atoms with Crippen LogP contribution in [0, 0.1) is 0 Å². The van der Waals surface area contributed by atoms with Gasteiger partial charge in [0.25, 0.3) is 0 Å². The summed E-state index contributed by atoms with van der Waals surface area (Å²) in [6, 6.07) is 59.9. The maximum atomic E-state index is 6.76. The van der Waals surface area contributed by atoms with Crippen LogP contribution >= 0.6 is 0 Å². The molecule has 3 heteroatoms. The predicted molar refractivity (Wildman–Crippen MR) is 193 cm³/mol. The summed E-state index contributed by atoms with van der Waals surface area (Å²) < 4.78 is 6.76. The molecule has 3 nitrogen and oxygen atoms in total. The van der Waals surface area contributed by atoms with Crippen LogP contribution in [0.5, 0.6) is 11.5 Å². The van der Waals surface area contributed by atoms with Crippen LogP contribution in [0.1, 0.15) is 22.3 Å². The van der Waals surface area contributed by atoms with Gasteiger partial charge in [-0.2, -0.15) is 0 Å². The summed E-state index contributed by atoms with van der Waals surface area (Å²) in [5, 5.41) is 1.02. The Morgan fingerprint density at radius 2 is 0.958 bits per heavy atom. The normalized spacial score (nSPS) is 13.3. The third kappa shape index (κ3) is 3.82. The van der Waals surface area contributed by atoms with Crippen molar-refractivity contribution in [2.75, 3.05) is 0 Å². The van der Waals surface area contributed by atoms with E-state index in [1.807, 2.05) is 18.2 Å². The average Bonchev–Trinajstić information content (AvgIpc) is 3.45. The van der Waals surface area contributed by atoms with E-state index in [9.17, 15) is 0 Å². The second-order valence-electron chi connectivity index (χ2n) is 12.5. The van der Waals surface area contributed by atoms with Gasteiger partial charge in [0.1, 0.15) is 11.5 Å². The van der Waals surface area contributed by atoms with Crippen molar-refractivity contribution in [3.63, 3.8) is 0 Å². The SMILES string of the molecule is c1ccc(-c2ccc(-c3nc(-c4ccc5c(c4)Oc4ccccc4C54c5ccccc5-c5ccccc54)nc4ccccc34)cc2)cc1. The quantitative estimate of drug-likeness (QED) is 0.199.